The van der Waals surface area contributed by atoms with Gasteiger partial charge in [-0.15, -0.1) is 0 Å². The highest BCUT2D eigenvalue weighted by Gasteiger charge is 2.23. The minimum absolute atomic E-state index is 0.124. The monoisotopic (exact) mass is 428 g/mol. The van der Waals surface area contributed by atoms with Gasteiger partial charge in [0.2, 0.25) is 0 Å². The summed E-state index contributed by atoms with van der Waals surface area (Å²) in [6.45, 7) is 3.70. The van der Waals surface area contributed by atoms with Crippen LogP contribution in [0.3, 0.4) is 0 Å². The molecule has 0 radical (unpaired) electrons. The third-order valence-electron chi connectivity index (χ3n) is 4.68. The SMILES string of the molecule is Cc1ccccc1NC(=O)c1ccc(C)c(N(C)S(=O)(=O)c2ccc(Cl)cc2)c1. The lowest BCUT2D eigenvalue weighted by Crippen LogP contribution is -2.27. The van der Waals surface area contributed by atoms with E-state index in [-0.39, 0.29) is 10.8 Å². The fraction of sp³-hybridized carbons (Fsp3) is 0.136. The Balaban J connectivity index is 1.93. The minimum Gasteiger partial charge on any atom is -0.322 e. The first kappa shape index (κ1) is 20.9. The molecule has 3 aromatic rings. The van der Waals surface area contributed by atoms with Crippen molar-refractivity contribution in [2.24, 2.45) is 0 Å². The zero-order chi connectivity index (χ0) is 21.2. The number of hydrogen-bond acceptors (Lipinski definition) is 3. The number of rotatable bonds is 5. The number of halogens is 1. The normalized spacial score (nSPS) is 11.2. The van der Waals surface area contributed by atoms with E-state index in [1.807, 2.05) is 31.2 Å². The molecule has 1 N–H and O–H groups in total. The van der Waals surface area contributed by atoms with Crippen molar-refractivity contribution in [3.05, 3.63) is 88.4 Å². The summed E-state index contributed by atoms with van der Waals surface area (Å²) in [5.74, 6) is -0.308. The highest BCUT2D eigenvalue weighted by molar-refractivity contribution is 7.92. The zero-order valence-electron chi connectivity index (χ0n) is 16.3. The van der Waals surface area contributed by atoms with Crippen LogP contribution < -0.4 is 9.62 Å². The van der Waals surface area contributed by atoms with Crippen molar-refractivity contribution in [2.45, 2.75) is 18.7 Å². The number of carbonyl (C=O) groups excluding carboxylic acids is 1. The van der Waals surface area contributed by atoms with Gasteiger partial charge in [0.05, 0.1) is 10.6 Å². The molecule has 0 aliphatic rings. The van der Waals surface area contributed by atoms with Crippen LogP contribution in [0.4, 0.5) is 11.4 Å². The first-order chi connectivity index (χ1) is 13.7. The van der Waals surface area contributed by atoms with Crippen molar-refractivity contribution in [1.29, 1.82) is 0 Å². The van der Waals surface area contributed by atoms with Gasteiger partial charge in [-0.2, -0.15) is 0 Å². The lowest BCUT2D eigenvalue weighted by Gasteiger charge is -2.22. The molecule has 0 heterocycles. The van der Waals surface area contributed by atoms with E-state index in [4.69, 9.17) is 11.6 Å². The predicted octanol–water partition coefficient (Wildman–Crippen LogP) is 5.03. The Kier molecular flexibility index (Phi) is 5.96. The minimum atomic E-state index is -3.80. The molecule has 5 nitrogen and oxygen atoms in total. The number of nitrogens with one attached hydrogen (secondary N) is 1. The van der Waals surface area contributed by atoms with Crippen molar-refractivity contribution in [1.82, 2.24) is 0 Å². The van der Waals surface area contributed by atoms with Gasteiger partial charge in [0.25, 0.3) is 15.9 Å². The molecular weight excluding hydrogens is 408 g/mol. The van der Waals surface area contributed by atoms with Gasteiger partial charge in [0.15, 0.2) is 0 Å². The van der Waals surface area contributed by atoms with Crippen molar-refractivity contribution in [2.75, 3.05) is 16.7 Å². The molecular formula is C22H21ClN2O3S. The van der Waals surface area contributed by atoms with E-state index in [9.17, 15) is 13.2 Å². The highest BCUT2D eigenvalue weighted by atomic mass is 35.5. The summed E-state index contributed by atoms with van der Waals surface area (Å²) in [5, 5.41) is 3.32. The Hall–Kier alpha value is -2.83. The van der Waals surface area contributed by atoms with Crippen LogP contribution in [0.15, 0.2) is 71.6 Å². The van der Waals surface area contributed by atoms with Gasteiger partial charge < -0.3 is 5.32 Å². The van der Waals surface area contributed by atoms with Gasteiger partial charge in [0.1, 0.15) is 0 Å². The van der Waals surface area contributed by atoms with Gasteiger partial charge in [-0.3, -0.25) is 9.10 Å². The van der Waals surface area contributed by atoms with Crippen LogP contribution in [0.2, 0.25) is 5.02 Å². The standard InChI is InChI=1S/C22H21ClN2O3S/c1-15-6-4-5-7-20(15)24-22(26)17-9-8-16(2)21(14-17)25(3)29(27,28)19-12-10-18(23)11-13-19/h4-14H,1-3H3,(H,24,26). The van der Waals surface area contributed by atoms with Crippen LogP contribution >= 0.6 is 11.6 Å². The summed E-state index contributed by atoms with van der Waals surface area (Å²) in [4.78, 5) is 12.8. The third kappa shape index (κ3) is 4.44. The Morgan fingerprint density at radius 2 is 1.59 bits per heavy atom. The summed E-state index contributed by atoms with van der Waals surface area (Å²) in [6.07, 6.45) is 0. The molecule has 0 saturated carbocycles. The third-order valence-corrected chi connectivity index (χ3v) is 6.71. The fourth-order valence-corrected chi connectivity index (χ4v) is 4.27. The molecule has 0 saturated heterocycles. The van der Waals surface area contributed by atoms with Crippen molar-refractivity contribution in [3.63, 3.8) is 0 Å². The number of amides is 1. The lowest BCUT2D eigenvalue weighted by molar-refractivity contribution is 0.102. The number of carbonyl (C=O) groups is 1. The summed E-state index contributed by atoms with van der Waals surface area (Å²) in [7, 11) is -2.33. The molecule has 0 bridgehead atoms. The van der Waals surface area contributed by atoms with Crippen LogP contribution in [0.5, 0.6) is 0 Å². The second-order valence-corrected chi connectivity index (χ2v) is 9.10. The van der Waals surface area contributed by atoms with Gasteiger partial charge in [-0.25, -0.2) is 8.42 Å². The van der Waals surface area contributed by atoms with Gasteiger partial charge in [-0.05, 0) is 67.4 Å². The molecule has 0 aliphatic heterocycles. The topological polar surface area (TPSA) is 66.5 Å². The second kappa shape index (κ2) is 8.27. The molecule has 7 heteroatoms. The Labute approximate surface area is 176 Å². The summed E-state index contributed by atoms with van der Waals surface area (Å²) in [6, 6.07) is 18.4. The van der Waals surface area contributed by atoms with Gasteiger partial charge >= 0.3 is 0 Å². The maximum absolute atomic E-state index is 13.0. The summed E-state index contributed by atoms with van der Waals surface area (Å²) < 4.78 is 27.2. The molecule has 0 spiro atoms. The Bertz CT molecular complexity index is 1160. The van der Waals surface area contributed by atoms with Crippen LogP contribution in [0.25, 0.3) is 0 Å². The molecule has 1 amide bonds. The number of para-hydroxylation sites is 1. The molecule has 0 aliphatic carbocycles. The number of nitrogens with zero attached hydrogens (tertiary/aromatic N) is 1. The largest absolute Gasteiger partial charge is 0.322 e. The Morgan fingerprint density at radius 3 is 2.24 bits per heavy atom. The average molecular weight is 429 g/mol. The van der Waals surface area contributed by atoms with Crippen LogP contribution in [0.1, 0.15) is 21.5 Å². The van der Waals surface area contributed by atoms with Gasteiger partial charge in [-0.1, -0.05) is 35.9 Å². The van der Waals surface area contributed by atoms with Crippen molar-refractivity contribution >= 4 is 38.9 Å². The second-order valence-electron chi connectivity index (χ2n) is 6.70. The van der Waals surface area contributed by atoms with E-state index < -0.39 is 10.0 Å². The first-order valence-electron chi connectivity index (χ1n) is 8.92. The summed E-state index contributed by atoms with van der Waals surface area (Å²) in [5.41, 5.74) is 3.18. The maximum Gasteiger partial charge on any atom is 0.264 e. The van der Waals surface area contributed by atoms with E-state index >= 15 is 0 Å². The zero-order valence-corrected chi connectivity index (χ0v) is 17.9. The van der Waals surface area contributed by atoms with Crippen LogP contribution in [-0.2, 0) is 10.0 Å². The van der Waals surface area contributed by atoms with E-state index in [0.717, 1.165) is 11.1 Å². The average Bonchev–Trinajstić information content (AvgIpc) is 2.70. The predicted molar refractivity (Wildman–Crippen MR) is 117 cm³/mol. The quantitative estimate of drug-likeness (QED) is 0.619. The molecule has 0 unspecified atom stereocenters. The van der Waals surface area contributed by atoms with Crippen molar-refractivity contribution < 1.29 is 13.2 Å². The number of anilines is 2. The van der Waals surface area contributed by atoms with E-state index in [0.29, 0.717) is 22.0 Å². The molecule has 0 aromatic heterocycles. The maximum atomic E-state index is 13.0. The number of aryl methyl sites for hydroxylation is 2. The van der Waals surface area contributed by atoms with Crippen LogP contribution in [-0.4, -0.2) is 21.4 Å². The highest BCUT2D eigenvalue weighted by Crippen LogP contribution is 2.27. The van der Waals surface area contributed by atoms with Crippen molar-refractivity contribution in [3.8, 4) is 0 Å². The fourth-order valence-electron chi connectivity index (χ4n) is 2.89. The number of sulfonamides is 1. The molecule has 3 aromatic carbocycles. The first-order valence-corrected chi connectivity index (χ1v) is 10.7. The lowest BCUT2D eigenvalue weighted by atomic mass is 10.1. The number of hydrogen-bond donors (Lipinski definition) is 1. The van der Waals surface area contributed by atoms with Crippen LogP contribution in [0, 0.1) is 13.8 Å². The van der Waals surface area contributed by atoms with Gasteiger partial charge in [0, 0.05) is 23.3 Å². The molecule has 0 atom stereocenters. The number of benzene rings is 3. The molecule has 150 valence electrons. The molecule has 29 heavy (non-hydrogen) atoms. The smallest absolute Gasteiger partial charge is 0.264 e. The molecule has 0 fully saturated rings. The molecule has 3 rings (SSSR count). The van der Waals surface area contributed by atoms with E-state index in [1.165, 1.54) is 35.6 Å². The van der Waals surface area contributed by atoms with E-state index in [2.05, 4.69) is 5.32 Å². The Morgan fingerprint density at radius 1 is 0.931 bits per heavy atom. The summed E-state index contributed by atoms with van der Waals surface area (Å²) >= 11 is 5.86. The van der Waals surface area contributed by atoms with E-state index in [1.54, 1.807) is 25.1 Å².